The Bertz CT molecular complexity index is 848. The van der Waals surface area contributed by atoms with E-state index in [0.29, 0.717) is 51.9 Å². The number of alkyl halides is 2. The summed E-state index contributed by atoms with van der Waals surface area (Å²) >= 11 is 7.74. The summed E-state index contributed by atoms with van der Waals surface area (Å²) in [5.74, 6) is 3.75. The second kappa shape index (κ2) is 7.40. The van der Waals surface area contributed by atoms with E-state index in [1.165, 1.54) is 37.7 Å². The first kappa shape index (κ1) is 22.7. The second-order valence-corrected chi connectivity index (χ2v) is 14.9. The van der Waals surface area contributed by atoms with Crippen LogP contribution in [-0.4, -0.2) is 33.9 Å². The summed E-state index contributed by atoms with van der Waals surface area (Å²) in [7, 11) is 0. The molecule has 5 heteroatoms. The van der Waals surface area contributed by atoms with Gasteiger partial charge in [0.2, 0.25) is 0 Å². The zero-order valence-corrected chi connectivity index (χ0v) is 23.1. The van der Waals surface area contributed by atoms with E-state index in [0.717, 1.165) is 19.4 Å². The SMILES string of the molecule is C[C@@H]1CCC2(OC1)O[C@H]1C[C@H]3[C@@H]4C[C@@H](Br)C5=CC(=O)[C@H](Br)C[C@]5(C)[C@H]4CC[C@]3(C)[C@H]1[C@@H]2C. The molecule has 0 aromatic heterocycles. The van der Waals surface area contributed by atoms with Gasteiger partial charge in [0.05, 0.1) is 17.5 Å². The van der Waals surface area contributed by atoms with Gasteiger partial charge in [0.15, 0.2) is 11.6 Å². The van der Waals surface area contributed by atoms with Crippen LogP contribution in [0.4, 0.5) is 0 Å². The minimum atomic E-state index is -0.327. The number of carbonyl (C=O) groups is 1. The van der Waals surface area contributed by atoms with E-state index in [2.05, 4.69) is 59.6 Å². The minimum Gasteiger partial charge on any atom is -0.349 e. The zero-order chi connectivity index (χ0) is 22.6. The lowest BCUT2D eigenvalue weighted by molar-refractivity contribution is -0.272. The number of rotatable bonds is 0. The van der Waals surface area contributed by atoms with Crippen LogP contribution in [0.2, 0.25) is 0 Å². The van der Waals surface area contributed by atoms with Crippen LogP contribution in [0, 0.1) is 46.3 Å². The highest BCUT2D eigenvalue weighted by molar-refractivity contribution is 9.10. The molecular weight excluding hydrogens is 532 g/mol. The van der Waals surface area contributed by atoms with Gasteiger partial charge in [-0.15, -0.1) is 0 Å². The number of ketones is 1. The molecular formula is C27H38Br2O3. The van der Waals surface area contributed by atoms with E-state index in [1.807, 2.05) is 6.08 Å². The standard InChI is InChI=1S/C27H38Br2O3/c1-14-5-8-27(31-13-14)15(2)24-23(32-27)11-18-16-9-20(28)19-10-22(30)21(29)12-26(19,4)17(16)6-7-25(18,24)3/h10,14-18,20-21,23-24H,5-9,11-13H2,1-4H3/t14-,15+,16-,17+,18+,20-,21-,23+,24+,25+,26-,27?/m1/s1. The normalized spacial score (nSPS) is 59.2. The first-order valence-corrected chi connectivity index (χ1v) is 14.8. The smallest absolute Gasteiger partial charge is 0.171 e. The van der Waals surface area contributed by atoms with Crippen molar-refractivity contribution in [3.8, 4) is 0 Å². The molecule has 32 heavy (non-hydrogen) atoms. The van der Waals surface area contributed by atoms with Crippen molar-refractivity contribution in [1.82, 2.24) is 0 Å². The van der Waals surface area contributed by atoms with Crippen LogP contribution in [-0.2, 0) is 14.3 Å². The van der Waals surface area contributed by atoms with Crippen molar-refractivity contribution in [2.24, 2.45) is 46.3 Å². The molecule has 1 spiro atoms. The molecule has 4 aliphatic carbocycles. The van der Waals surface area contributed by atoms with E-state index in [-0.39, 0.29) is 21.8 Å². The van der Waals surface area contributed by atoms with E-state index in [1.54, 1.807) is 0 Å². The first-order chi connectivity index (χ1) is 15.1. The van der Waals surface area contributed by atoms with Crippen molar-refractivity contribution in [2.75, 3.05) is 6.61 Å². The van der Waals surface area contributed by atoms with Gasteiger partial charge in [-0.2, -0.15) is 0 Å². The number of hydrogen-bond acceptors (Lipinski definition) is 3. The molecule has 0 aromatic rings. The summed E-state index contributed by atoms with van der Waals surface area (Å²) in [4.78, 5) is 12.8. The predicted octanol–water partition coefficient (Wildman–Crippen LogP) is 6.67. The Hall–Kier alpha value is 0.290. The highest BCUT2D eigenvalue weighted by Crippen LogP contribution is 2.71. The van der Waals surface area contributed by atoms with Crippen LogP contribution in [0.25, 0.3) is 0 Å². The predicted molar refractivity (Wildman–Crippen MR) is 133 cm³/mol. The second-order valence-electron chi connectivity index (χ2n) is 12.7. The molecule has 2 aliphatic heterocycles. The Morgan fingerprint density at radius 2 is 1.81 bits per heavy atom. The van der Waals surface area contributed by atoms with Gasteiger partial charge < -0.3 is 9.47 Å². The molecule has 3 saturated carbocycles. The van der Waals surface area contributed by atoms with Gasteiger partial charge >= 0.3 is 0 Å². The van der Waals surface area contributed by atoms with Crippen LogP contribution in [0.3, 0.4) is 0 Å². The Morgan fingerprint density at radius 1 is 1.03 bits per heavy atom. The zero-order valence-electron chi connectivity index (χ0n) is 19.9. The van der Waals surface area contributed by atoms with Gasteiger partial charge in [-0.1, -0.05) is 59.6 Å². The molecule has 178 valence electrons. The van der Waals surface area contributed by atoms with Gasteiger partial charge in [0.1, 0.15) is 0 Å². The minimum absolute atomic E-state index is 0.0278. The average molecular weight is 570 g/mol. The third-order valence-corrected chi connectivity index (χ3v) is 12.9. The fourth-order valence-electron chi connectivity index (χ4n) is 9.60. The molecule has 0 amide bonds. The van der Waals surface area contributed by atoms with Crippen LogP contribution in [0.1, 0.15) is 72.6 Å². The Kier molecular flexibility index (Phi) is 5.26. The number of hydrogen-bond donors (Lipinski definition) is 0. The maximum absolute atomic E-state index is 12.5. The lowest BCUT2D eigenvalue weighted by Crippen LogP contribution is -2.55. The van der Waals surface area contributed by atoms with Crippen LogP contribution in [0.15, 0.2) is 11.6 Å². The van der Waals surface area contributed by atoms with Crippen molar-refractivity contribution in [3.63, 3.8) is 0 Å². The molecule has 0 N–H and O–H groups in total. The molecule has 0 bridgehead atoms. The van der Waals surface area contributed by atoms with Crippen LogP contribution >= 0.6 is 31.9 Å². The van der Waals surface area contributed by atoms with Gasteiger partial charge in [0.25, 0.3) is 0 Å². The number of allylic oxidation sites excluding steroid dienone is 1. The largest absolute Gasteiger partial charge is 0.349 e. The third-order valence-electron chi connectivity index (χ3n) is 11.2. The van der Waals surface area contributed by atoms with Crippen molar-refractivity contribution >= 4 is 37.6 Å². The molecule has 1 unspecified atom stereocenters. The summed E-state index contributed by atoms with van der Waals surface area (Å²) in [5, 5.41) is 0. The quantitative estimate of drug-likeness (QED) is 0.306. The van der Waals surface area contributed by atoms with Crippen molar-refractivity contribution in [2.45, 2.75) is 94.2 Å². The number of ether oxygens (including phenoxy) is 2. The van der Waals surface area contributed by atoms with Gasteiger partial charge in [-0.05, 0) is 90.6 Å². The lowest BCUT2D eigenvalue weighted by Gasteiger charge is -2.60. The molecule has 0 radical (unpaired) electrons. The summed E-state index contributed by atoms with van der Waals surface area (Å²) < 4.78 is 13.4. The maximum atomic E-state index is 12.5. The van der Waals surface area contributed by atoms with E-state index in [9.17, 15) is 4.79 Å². The molecule has 6 aliphatic rings. The van der Waals surface area contributed by atoms with Gasteiger partial charge in [0, 0.05) is 17.2 Å². The molecule has 12 atom stereocenters. The van der Waals surface area contributed by atoms with Crippen molar-refractivity contribution in [1.29, 1.82) is 0 Å². The molecule has 0 aromatic carbocycles. The average Bonchev–Trinajstić information content (AvgIpc) is 3.18. The fraction of sp³-hybridized carbons (Fsp3) is 0.889. The number of carbonyl (C=O) groups excluding carboxylic acids is 1. The Labute approximate surface area is 210 Å². The lowest BCUT2D eigenvalue weighted by atomic mass is 9.46. The van der Waals surface area contributed by atoms with E-state index in [4.69, 9.17) is 9.47 Å². The van der Waals surface area contributed by atoms with Crippen molar-refractivity contribution < 1.29 is 14.3 Å². The fourth-order valence-corrected chi connectivity index (χ4v) is 11.5. The summed E-state index contributed by atoms with van der Waals surface area (Å²) in [6.45, 7) is 10.6. The molecule has 2 saturated heterocycles. The number of halogens is 2. The topological polar surface area (TPSA) is 35.5 Å². The third kappa shape index (κ3) is 2.92. The molecule has 6 rings (SSSR count). The maximum Gasteiger partial charge on any atom is 0.171 e. The first-order valence-electron chi connectivity index (χ1n) is 12.9. The van der Waals surface area contributed by atoms with Crippen LogP contribution in [0.5, 0.6) is 0 Å². The Morgan fingerprint density at radius 3 is 2.53 bits per heavy atom. The highest BCUT2D eigenvalue weighted by Gasteiger charge is 2.69. The van der Waals surface area contributed by atoms with Crippen molar-refractivity contribution in [3.05, 3.63) is 11.6 Å². The summed E-state index contributed by atoms with van der Waals surface area (Å²) in [5.41, 5.74) is 1.83. The molecule has 3 nitrogen and oxygen atoms in total. The summed E-state index contributed by atoms with van der Waals surface area (Å²) in [6, 6.07) is 0. The summed E-state index contributed by atoms with van der Waals surface area (Å²) in [6.07, 6.45) is 10.5. The van der Waals surface area contributed by atoms with Gasteiger partial charge in [-0.3, -0.25) is 4.79 Å². The molecule has 2 heterocycles. The molecule has 5 fully saturated rings. The number of fused-ring (bicyclic) bond motifs is 7. The Balaban J connectivity index is 1.31. The van der Waals surface area contributed by atoms with E-state index >= 15 is 0 Å². The van der Waals surface area contributed by atoms with E-state index < -0.39 is 0 Å². The van der Waals surface area contributed by atoms with Gasteiger partial charge in [-0.25, -0.2) is 0 Å². The monoisotopic (exact) mass is 568 g/mol. The van der Waals surface area contributed by atoms with Crippen LogP contribution < -0.4 is 0 Å². The highest BCUT2D eigenvalue weighted by atomic mass is 79.9.